The van der Waals surface area contributed by atoms with Crippen LogP contribution in [0.25, 0.3) is 0 Å². The maximum atomic E-state index is 13.1. The Labute approximate surface area is 177 Å². The van der Waals surface area contributed by atoms with Gasteiger partial charge in [-0.15, -0.1) is 0 Å². The fourth-order valence-electron chi connectivity index (χ4n) is 3.94. The van der Waals surface area contributed by atoms with Crippen LogP contribution in [-0.2, 0) is 21.3 Å². The summed E-state index contributed by atoms with van der Waals surface area (Å²) in [6.45, 7) is 4.04. The molecule has 2 aliphatic rings. The van der Waals surface area contributed by atoms with Gasteiger partial charge in [0.05, 0.1) is 41.1 Å². The lowest BCUT2D eigenvalue weighted by Gasteiger charge is -2.27. The van der Waals surface area contributed by atoms with Gasteiger partial charge in [0.25, 0.3) is 0 Å². The third-order valence-corrected chi connectivity index (χ3v) is 7.46. The molecule has 0 amide bonds. The first-order valence-corrected chi connectivity index (χ1v) is 11.7. The summed E-state index contributed by atoms with van der Waals surface area (Å²) in [6.07, 6.45) is 2.27. The average molecular weight is 427 g/mol. The van der Waals surface area contributed by atoms with E-state index in [0.29, 0.717) is 43.3 Å². The van der Waals surface area contributed by atoms with Crippen molar-refractivity contribution in [3.63, 3.8) is 0 Å². The number of hydrogen-bond donors (Lipinski definition) is 1. The molecule has 7 nitrogen and oxygen atoms in total. The summed E-state index contributed by atoms with van der Waals surface area (Å²) in [5.41, 5.74) is 3.40. The molecule has 0 radical (unpaired) electrons. The molecular weight excluding hydrogens is 400 g/mol. The van der Waals surface area contributed by atoms with Crippen LogP contribution in [0.2, 0.25) is 0 Å². The SMILES string of the molecule is N#Cc1cccc(CNc2cc(S(=O)(=O)N3CCOCC3)ccc2N2CCCC2)c1. The first kappa shape index (κ1) is 20.7. The Morgan fingerprint density at radius 1 is 1.03 bits per heavy atom. The van der Waals surface area contributed by atoms with Gasteiger partial charge >= 0.3 is 0 Å². The predicted molar refractivity (Wildman–Crippen MR) is 116 cm³/mol. The van der Waals surface area contributed by atoms with E-state index in [1.807, 2.05) is 24.3 Å². The number of sulfonamides is 1. The Morgan fingerprint density at radius 3 is 2.53 bits per heavy atom. The second kappa shape index (κ2) is 9.04. The highest BCUT2D eigenvalue weighted by atomic mass is 32.2. The molecule has 158 valence electrons. The zero-order chi connectivity index (χ0) is 21.0. The van der Waals surface area contributed by atoms with E-state index in [9.17, 15) is 8.42 Å². The third kappa shape index (κ3) is 4.43. The molecule has 0 aromatic heterocycles. The average Bonchev–Trinajstić information content (AvgIpc) is 3.33. The summed E-state index contributed by atoms with van der Waals surface area (Å²) in [6, 6.07) is 14.9. The van der Waals surface area contributed by atoms with Crippen molar-refractivity contribution in [2.45, 2.75) is 24.3 Å². The summed E-state index contributed by atoms with van der Waals surface area (Å²) < 4.78 is 33.0. The van der Waals surface area contributed by atoms with Gasteiger partial charge in [-0.1, -0.05) is 12.1 Å². The molecule has 2 aromatic rings. The van der Waals surface area contributed by atoms with E-state index in [2.05, 4.69) is 16.3 Å². The lowest BCUT2D eigenvalue weighted by molar-refractivity contribution is 0.0730. The van der Waals surface area contributed by atoms with Crippen LogP contribution in [0.4, 0.5) is 11.4 Å². The van der Waals surface area contributed by atoms with Crippen molar-refractivity contribution in [1.29, 1.82) is 5.26 Å². The van der Waals surface area contributed by atoms with Crippen LogP contribution in [0, 0.1) is 11.3 Å². The van der Waals surface area contributed by atoms with Gasteiger partial charge in [0.2, 0.25) is 10.0 Å². The van der Waals surface area contributed by atoms with Gasteiger partial charge in [-0.2, -0.15) is 9.57 Å². The molecule has 0 saturated carbocycles. The lowest BCUT2D eigenvalue weighted by atomic mass is 10.1. The van der Waals surface area contributed by atoms with E-state index in [4.69, 9.17) is 10.00 Å². The van der Waals surface area contributed by atoms with Crippen molar-refractivity contribution >= 4 is 21.4 Å². The number of benzene rings is 2. The maximum absolute atomic E-state index is 13.1. The fraction of sp³-hybridized carbons (Fsp3) is 0.409. The van der Waals surface area contributed by atoms with E-state index >= 15 is 0 Å². The van der Waals surface area contributed by atoms with Crippen LogP contribution < -0.4 is 10.2 Å². The smallest absolute Gasteiger partial charge is 0.243 e. The predicted octanol–water partition coefficient (Wildman–Crippen LogP) is 2.79. The van der Waals surface area contributed by atoms with Crippen LogP contribution in [-0.4, -0.2) is 52.1 Å². The molecule has 2 aromatic carbocycles. The fourth-order valence-corrected chi connectivity index (χ4v) is 5.37. The molecule has 0 aliphatic carbocycles. The summed E-state index contributed by atoms with van der Waals surface area (Å²) in [7, 11) is -3.57. The minimum Gasteiger partial charge on any atom is -0.379 e. The van der Waals surface area contributed by atoms with Gasteiger partial charge in [0, 0.05) is 32.7 Å². The monoisotopic (exact) mass is 426 g/mol. The largest absolute Gasteiger partial charge is 0.379 e. The first-order chi connectivity index (χ1) is 14.6. The van der Waals surface area contributed by atoms with Gasteiger partial charge in [0.1, 0.15) is 0 Å². The molecule has 30 heavy (non-hydrogen) atoms. The van der Waals surface area contributed by atoms with E-state index in [-0.39, 0.29) is 0 Å². The van der Waals surface area contributed by atoms with Crippen molar-refractivity contribution in [2.24, 2.45) is 0 Å². The number of hydrogen-bond acceptors (Lipinski definition) is 6. The maximum Gasteiger partial charge on any atom is 0.243 e. The Kier molecular flexibility index (Phi) is 6.23. The van der Waals surface area contributed by atoms with Gasteiger partial charge in [-0.05, 0) is 48.7 Å². The molecule has 2 heterocycles. The van der Waals surface area contributed by atoms with Crippen molar-refractivity contribution < 1.29 is 13.2 Å². The molecule has 2 aliphatic heterocycles. The lowest BCUT2D eigenvalue weighted by Crippen LogP contribution is -2.40. The van der Waals surface area contributed by atoms with Crippen LogP contribution >= 0.6 is 0 Å². The van der Waals surface area contributed by atoms with E-state index in [1.54, 1.807) is 18.2 Å². The topological polar surface area (TPSA) is 85.7 Å². The molecule has 8 heteroatoms. The van der Waals surface area contributed by atoms with E-state index in [1.165, 1.54) is 4.31 Å². The second-order valence-electron chi connectivity index (χ2n) is 7.56. The first-order valence-electron chi connectivity index (χ1n) is 10.3. The normalized spacial score (nSPS) is 17.6. The molecule has 1 N–H and O–H groups in total. The Hall–Kier alpha value is -2.60. The van der Waals surface area contributed by atoms with Gasteiger partial charge < -0.3 is 15.0 Å². The molecule has 0 unspecified atom stereocenters. The second-order valence-corrected chi connectivity index (χ2v) is 9.49. The van der Waals surface area contributed by atoms with Gasteiger partial charge in [-0.25, -0.2) is 8.42 Å². The zero-order valence-electron chi connectivity index (χ0n) is 16.9. The number of rotatable bonds is 6. The molecule has 0 spiro atoms. The van der Waals surface area contributed by atoms with Crippen LogP contribution in [0.1, 0.15) is 24.0 Å². The zero-order valence-corrected chi connectivity index (χ0v) is 17.7. The molecule has 4 rings (SSSR count). The highest BCUT2D eigenvalue weighted by Gasteiger charge is 2.27. The standard InChI is InChI=1S/C22H26N4O3S/c23-16-18-4-3-5-19(14-18)17-24-21-15-20(6-7-22(21)25-8-1-2-9-25)30(27,28)26-10-12-29-13-11-26/h3-7,14-15,24H,1-2,8-13,17H2. The Balaban J connectivity index is 1.63. The van der Waals surface area contributed by atoms with Crippen molar-refractivity contribution in [1.82, 2.24) is 4.31 Å². The quantitative estimate of drug-likeness (QED) is 0.765. The molecule has 2 saturated heterocycles. The number of nitriles is 1. The number of ether oxygens (including phenoxy) is 1. The molecular formula is C22H26N4O3S. The van der Waals surface area contributed by atoms with Crippen molar-refractivity contribution in [3.8, 4) is 6.07 Å². The number of morpholine rings is 1. The van der Waals surface area contributed by atoms with Crippen LogP contribution in [0.5, 0.6) is 0 Å². The van der Waals surface area contributed by atoms with E-state index < -0.39 is 10.0 Å². The summed E-state index contributed by atoms with van der Waals surface area (Å²) in [5, 5.41) is 12.5. The van der Waals surface area contributed by atoms with Gasteiger partial charge in [-0.3, -0.25) is 0 Å². The van der Waals surface area contributed by atoms with E-state index in [0.717, 1.165) is 42.9 Å². The number of nitrogens with one attached hydrogen (secondary N) is 1. The summed E-state index contributed by atoms with van der Waals surface area (Å²) in [4.78, 5) is 2.58. The Bertz CT molecular complexity index is 1040. The minimum absolute atomic E-state index is 0.292. The molecule has 0 bridgehead atoms. The minimum atomic E-state index is -3.57. The number of nitrogens with zero attached hydrogens (tertiary/aromatic N) is 3. The highest BCUT2D eigenvalue weighted by molar-refractivity contribution is 7.89. The van der Waals surface area contributed by atoms with Crippen LogP contribution in [0.15, 0.2) is 47.4 Å². The Morgan fingerprint density at radius 2 is 1.80 bits per heavy atom. The highest BCUT2D eigenvalue weighted by Crippen LogP contribution is 2.33. The van der Waals surface area contributed by atoms with Crippen molar-refractivity contribution in [2.75, 3.05) is 49.6 Å². The summed E-state index contributed by atoms with van der Waals surface area (Å²) >= 11 is 0. The van der Waals surface area contributed by atoms with Gasteiger partial charge in [0.15, 0.2) is 0 Å². The van der Waals surface area contributed by atoms with Crippen molar-refractivity contribution in [3.05, 3.63) is 53.6 Å². The number of anilines is 2. The molecule has 2 fully saturated rings. The molecule has 0 atom stereocenters. The third-order valence-electron chi connectivity index (χ3n) is 5.56. The van der Waals surface area contributed by atoms with Crippen LogP contribution in [0.3, 0.4) is 0 Å². The summed E-state index contributed by atoms with van der Waals surface area (Å²) in [5.74, 6) is 0.